The zero-order valence-corrected chi connectivity index (χ0v) is 17.1. The molecule has 0 saturated carbocycles. The van der Waals surface area contributed by atoms with Crippen molar-refractivity contribution in [2.75, 3.05) is 6.61 Å². The Balaban J connectivity index is 1.29. The number of nitrogens with zero attached hydrogens (tertiary/aromatic N) is 3. The molecule has 0 aliphatic carbocycles. The Morgan fingerprint density at radius 2 is 1.53 bits per heavy atom. The Morgan fingerprint density at radius 1 is 0.844 bits per heavy atom. The molecule has 0 saturated heterocycles. The van der Waals surface area contributed by atoms with E-state index in [2.05, 4.69) is 21.0 Å². The van der Waals surface area contributed by atoms with E-state index in [0.29, 0.717) is 12.2 Å². The van der Waals surface area contributed by atoms with Gasteiger partial charge in [0.05, 0.1) is 11.9 Å². The minimum atomic E-state index is -0.579. The first kappa shape index (κ1) is 20.8. The molecule has 8 heteroatoms. The number of benzene rings is 3. The first-order chi connectivity index (χ1) is 15.7. The molecule has 0 radical (unpaired) electrons. The predicted molar refractivity (Wildman–Crippen MR) is 118 cm³/mol. The van der Waals surface area contributed by atoms with Crippen molar-refractivity contribution in [2.24, 2.45) is 0 Å². The number of rotatable bonds is 7. The quantitative estimate of drug-likeness (QED) is 0.442. The second kappa shape index (κ2) is 10.0. The molecule has 2 amide bonds. The minimum Gasteiger partial charge on any atom is -0.483 e. The average molecular weight is 427 g/mol. The summed E-state index contributed by atoms with van der Waals surface area (Å²) >= 11 is 0. The lowest BCUT2D eigenvalue weighted by Crippen LogP contribution is -2.44. The number of aromatic nitrogens is 3. The van der Waals surface area contributed by atoms with Crippen molar-refractivity contribution in [2.45, 2.75) is 6.42 Å². The zero-order chi connectivity index (χ0) is 22.2. The first-order valence-electron chi connectivity index (χ1n) is 10.0. The van der Waals surface area contributed by atoms with Crippen LogP contribution in [0, 0.1) is 0 Å². The van der Waals surface area contributed by atoms with E-state index in [4.69, 9.17) is 4.74 Å². The summed E-state index contributed by atoms with van der Waals surface area (Å²) in [5, 5.41) is 8.18. The van der Waals surface area contributed by atoms with Crippen molar-refractivity contribution in [3.8, 4) is 11.4 Å². The molecule has 0 aliphatic rings. The summed E-state index contributed by atoms with van der Waals surface area (Å²) in [7, 11) is 0. The maximum absolute atomic E-state index is 12.2. The average Bonchev–Trinajstić information content (AvgIpc) is 3.34. The maximum atomic E-state index is 12.2. The topological polar surface area (TPSA) is 98.1 Å². The molecule has 1 heterocycles. The van der Waals surface area contributed by atoms with Gasteiger partial charge in [-0.2, -0.15) is 9.90 Å². The molecule has 0 fully saturated rings. The van der Waals surface area contributed by atoms with Crippen molar-refractivity contribution < 1.29 is 14.3 Å². The highest BCUT2D eigenvalue weighted by Crippen LogP contribution is 2.21. The monoisotopic (exact) mass is 427 g/mol. The highest BCUT2D eigenvalue weighted by molar-refractivity contribution is 5.93. The maximum Gasteiger partial charge on any atom is 0.291 e. The Kier molecular flexibility index (Phi) is 6.52. The number of hydrogen-bond donors (Lipinski definition) is 2. The zero-order valence-electron chi connectivity index (χ0n) is 17.1. The van der Waals surface area contributed by atoms with E-state index in [1.54, 1.807) is 0 Å². The minimum absolute atomic E-state index is 0.0725. The van der Waals surface area contributed by atoms with Gasteiger partial charge >= 0.3 is 0 Å². The van der Waals surface area contributed by atoms with Crippen LogP contribution in [0.1, 0.15) is 21.6 Å². The Labute approximate surface area is 184 Å². The van der Waals surface area contributed by atoms with Crippen LogP contribution in [-0.2, 0) is 11.2 Å². The van der Waals surface area contributed by atoms with Gasteiger partial charge in [-0.1, -0.05) is 66.7 Å². The first-order valence-corrected chi connectivity index (χ1v) is 10.0. The van der Waals surface area contributed by atoms with Gasteiger partial charge < -0.3 is 4.74 Å². The molecule has 0 bridgehead atoms. The Hall–Kier alpha value is -4.46. The van der Waals surface area contributed by atoms with E-state index in [1.807, 2.05) is 84.9 Å². The van der Waals surface area contributed by atoms with Crippen molar-refractivity contribution in [3.63, 3.8) is 0 Å². The fourth-order valence-corrected chi connectivity index (χ4v) is 3.03. The number of amides is 2. The van der Waals surface area contributed by atoms with E-state index >= 15 is 0 Å². The highest BCUT2D eigenvalue weighted by atomic mass is 16.5. The number of ether oxygens (including phenoxy) is 1. The predicted octanol–water partition coefficient (Wildman–Crippen LogP) is 2.70. The van der Waals surface area contributed by atoms with Crippen molar-refractivity contribution in [1.82, 2.24) is 25.8 Å². The molecule has 2 N–H and O–H groups in total. The van der Waals surface area contributed by atoms with E-state index in [-0.39, 0.29) is 12.3 Å². The summed E-state index contributed by atoms with van der Waals surface area (Å²) in [5.74, 6) is -0.461. The van der Waals surface area contributed by atoms with Crippen LogP contribution in [0.5, 0.6) is 5.75 Å². The van der Waals surface area contributed by atoms with Crippen LogP contribution >= 0.6 is 0 Å². The van der Waals surface area contributed by atoms with Gasteiger partial charge in [0.25, 0.3) is 11.8 Å². The molecule has 0 unspecified atom stereocenters. The van der Waals surface area contributed by atoms with Gasteiger partial charge in [0, 0.05) is 6.42 Å². The standard InChI is InChI=1S/C24H21N5O3/c30-23(17-32-22-14-8-7-11-19(22)15-18-9-3-1-4-10-18)26-27-24(31)21-16-25-29(28-21)20-12-5-2-6-13-20/h1-14,16H,15,17H2,(H,26,30)(H,27,31). The third-order valence-electron chi connectivity index (χ3n) is 4.60. The third kappa shape index (κ3) is 5.37. The summed E-state index contributed by atoms with van der Waals surface area (Å²) in [6, 6.07) is 26.7. The molecule has 8 nitrogen and oxygen atoms in total. The molecule has 0 aliphatic heterocycles. The molecule has 160 valence electrons. The van der Waals surface area contributed by atoms with Crippen LogP contribution < -0.4 is 15.6 Å². The van der Waals surface area contributed by atoms with Crippen LogP contribution in [0.3, 0.4) is 0 Å². The van der Waals surface area contributed by atoms with Crippen LogP contribution in [-0.4, -0.2) is 33.4 Å². The largest absolute Gasteiger partial charge is 0.483 e. The number of para-hydroxylation sites is 2. The second-order valence-corrected chi connectivity index (χ2v) is 6.92. The molecule has 4 rings (SSSR count). The van der Waals surface area contributed by atoms with Crippen molar-refractivity contribution in [1.29, 1.82) is 0 Å². The van der Waals surface area contributed by atoms with Gasteiger partial charge in [-0.15, -0.1) is 5.10 Å². The number of carbonyl (C=O) groups excluding carboxylic acids is 2. The summed E-state index contributed by atoms with van der Waals surface area (Å²) in [4.78, 5) is 25.7. The fourth-order valence-electron chi connectivity index (χ4n) is 3.03. The molecule has 4 aromatic rings. The smallest absolute Gasteiger partial charge is 0.291 e. The summed E-state index contributed by atoms with van der Waals surface area (Å²) in [6.07, 6.45) is 2.01. The van der Waals surface area contributed by atoms with E-state index < -0.39 is 11.8 Å². The number of carbonyl (C=O) groups is 2. The van der Waals surface area contributed by atoms with E-state index in [1.165, 1.54) is 11.0 Å². The van der Waals surface area contributed by atoms with Gasteiger partial charge in [-0.25, -0.2) is 0 Å². The van der Waals surface area contributed by atoms with Gasteiger partial charge in [0.1, 0.15) is 5.75 Å². The molecular weight excluding hydrogens is 406 g/mol. The normalized spacial score (nSPS) is 10.4. The summed E-state index contributed by atoms with van der Waals surface area (Å²) in [5.41, 5.74) is 7.55. The second-order valence-electron chi connectivity index (χ2n) is 6.92. The Morgan fingerprint density at radius 3 is 2.31 bits per heavy atom. The van der Waals surface area contributed by atoms with Crippen molar-refractivity contribution in [3.05, 3.63) is 108 Å². The molecule has 32 heavy (non-hydrogen) atoms. The lowest BCUT2D eigenvalue weighted by molar-refractivity contribution is -0.123. The molecule has 0 atom stereocenters. The third-order valence-corrected chi connectivity index (χ3v) is 4.60. The van der Waals surface area contributed by atoms with Gasteiger partial charge in [-0.3, -0.25) is 20.4 Å². The SMILES string of the molecule is O=C(COc1ccccc1Cc1ccccc1)NNC(=O)c1cnn(-c2ccccc2)n1. The molecule has 0 spiro atoms. The van der Waals surface area contributed by atoms with Gasteiger partial charge in [0.15, 0.2) is 12.3 Å². The van der Waals surface area contributed by atoms with Gasteiger partial charge in [-0.05, 0) is 29.3 Å². The summed E-state index contributed by atoms with van der Waals surface area (Å²) < 4.78 is 5.68. The van der Waals surface area contributed by atoms with Crippen molar-refractivity contribution >= 4 is 11.8 Å². The Bertz CT molecular complexity index is 1190. The number of hydrogen-bond acceptors (Lipinski definition) is 5. The molecular formula is C24H21N5O3. The number of hydrazine groups is 1. The summed E-state index contributed by atoms with van der Waals surface area (Å²) in [6.45, 7) is -0.247. The molecule has 3 aromatic carbocycles. The van der Waals surface area contributed by atoms with E-state index in [0.717, 1.165) is 16.8 Å². The fraction of sp³-hybridized carbons (Fsp3) is 0.0833. The van der Waals surface area contributed by atoms with E-state index in [9.17, 15) is 9.59 Å². The lowest BCUT2D eigenvalue weighted by Gasteiger charge is -2.12. The van der Waals surface area contributed by atoms with Gasteiger partial charge in [0.2, 0.25) is 0 Å². The number of nitrogens with one attached hydrogen (secondary N) is 2. The lowest BCUT2D eigenvalue weighted by atomic mass is 10.0. The van der Waals surface area contributed by atoms with Crippen LogP contribution in [0.4, 0.5) is 0 Å². The van der Waals surface area contributed by atoms with Crippen LogP contribution in [0.2, 0.25) is 0 Å². The highest BCUT2D eigenvalue weighted by Gasteiger charge is 2.13. The molecule has 1 aromatic heterocycles. The van der Waals surface area contributed by atoms with Crippen LogP contribution in [0.25, 0.3) is 5.69 Å². The van der Waals surface area contributed by atoms with Crippen LogP contribution in [0.15, 0.2) is 91.1 Å².